The van der Waals surface area contributed by atoms with Crippen LogP contribution in [0, 0.1) is 17.6 Å². The molecule has 0 heterocycles. The van der Waals surface area contributed by atoms with Gasteiger partial charge in [0.15, 0.2) is 0 Å². The smallest absolute Gasteiger partial charge is 0.130 e. The predicted molar refractivity (Wildman–Crippen MR) is 63.7 cm³/mol. The molecular formula is C13H19F2NO. The number of rotatable bonds is 6. The average molecular weight is 243 g/mol. The molecule has 0 radical (unpaired) electrons. The number of hydrogen-bond donors (Lipinski definition) is 1. The van der Waals surface area contributed by atoms with Crippen LogP contribution < -0.4 is 5.32 Å². The van der Waals surface area contributed by atoms with Crippen LogP contribution in [0.5, 0.6) is 0 Å². The van der Waals surface area contributed by atoms with Gasteiger partial charge in [-0.1, -0.05) is 19.9 Å². The number of ether oxygens (including phenoxy) is 1. The van der Waals surface area contributed by atoms with E-state index in [1.54, 1.807) is 7.11 Å². The number of nitrogens with one attached hydrogen (secondary N) is 1. The first-order valence-corrected chi connectivity index (χ1v) is 5.71. The van der Waals surface area contributed by atoms with Gasteiger partial charge in [0.05, 0.1) is 6.61 Å². The molecule has 0 amide bonds. The van der Waals surface area contributed by atoms with Crippen LogP contribution in [0.15, 0.2) is 18.2 Å². The Kier molecular flexibility index (Phi) is 5.51. The second-order valence-corrected chi connectivity index (χ2v) is 4.39. The average Bonchev–Trinajstić information content (AvgIpc) is 2.26. The van der Waals surface area contributed by atoms with E-state index < -0.39 is 11.6 Å². The van der Waals surface area contributed by atoms with Crippen molar-refractivity contribution in [1.82, 2.24) is 5.32 Å². The van der Waals surface area contributed by atoms with Gasteiger partial charge in [0, 0.05) is 25.3 Å². The molecule has 96 valence electrons. The fraction of sp³-hybridized carbons (Fsp3) is 0.538. The molecule has 1 aromatic carbocycles. The topological polar surface area (TPSA) is 21.3 Å². The van der Waals surface area contributed by atoms with E-state index in [-0.39, 0.29) is 18.2 Å². The van der Waals surface area contributed by atoms with Crippen molar-refractivity contribution in [2.45, 2.75) is 26.4 Å². The van der Waals surface area contributed by atoms with Gasteiger partial charge in [-0.15, -0.1) is 0 Å². The number of methoxy groups -OCH3 is 1. The standard InChI is InChI=1S/C13H19F2NO/c1-9(2)13(8-17-3)16-7-10-11(14)5-4-6-12(10)15/h4-6,9,13,16H,7-8H2,1-3H3. The number of halogens is 2. The lowest BCUT2D eigenvalue weighted by atomic mass is 10.0. The van der Waals surface area contributed by atoms with Crippen molar-refractivity contribution in [3.63, 3.8) is 0 Å². The highest BCUT2D eigenvalue weighted by molar-refractivity contribution is 5.19. The zero-order valence-corrected chi connectivity index (χ0v) is 10.5. The van der Waals surface area contributed by atoms with Crippen LogP contribution in [0.3, 0.4) is 0 Å². The normalized spacial score (nSPS) is 13.1. The molecule has 17 heavy (non-hydrogen) atoms. The summed E-state index contributed by atoms with van der Waals surface area (Å²) in [6, 6.07) is 3.98. The fourth-order valence-corrected chi connectivity index (χ4v) is 1.60. The zero-order chi connectivity index (χ0) is 12.8. The molecule has 0 bridgehead atoms. The van der Waals surface area contributed by atoms with Crippen molar-refractivity contribution >= 4 is 0 Å². The van der Waals surface area contributed by atoms with Gasteiger partial charge in [0.2, 0.25) is 0 Å². The first-order chi connectivity index (χ1) is 8.06. The summed E-state index contributed by atoms with van der Waals surface area (Å²) >= 11 is 0. The Morgan fingerprint density at radius 3 is 2.29 bits per heavy atom. The van der Waals surface area contributed by atoms with E-state index in [0.717, 1.165) is 0 Å². The van der Waals surface area contributed by atoms with Crippen LogP contribution in [0.25, 0.3) is 0 Å². The molecule has 4 heteroatoms. The molecule has 0 saturated heterocycles. The summed E-state index contributed by atoms with van der Waals surface area (Å²) in [5, 5.41) is 3.11. The maximum absolute atomic E-state index is 13.4. The molecule has 0 aromatic heterocycles. The van der Waals surface area contributed by atoms with Crippen molar-refractivity contribution in [3.05, 3.63) is 35.4 Å². The lowest BCUT2D eigenvalue weighted by Gasteiger charge is -2.21. The summed E-state index contributed by atoms with van der Waals surface area (Å²) in [5.41, 5.74) is 0.0780. The molecule has 0 aliphatic rings. The highest BCUT2D eigenvalue weighted by Crippen LogP contribution is 2.12. The molecule has 0 aliphatic carbocycles. The molecule has 1 unspecified atom stereocenters. The van der Waals surface area contributed by atoms with E-state index in [2.05, 4.69) is 5.32 Å². The molecule has 0 aliphatic heterocycles. The third-order valence-corrected chi connectivity index (χ3v) is 2.75. The van der Waals surface area contributed by atoms with Gasteiger partial charge in [0.1, 0.15) is 11.6 Å². The van der Waals surface area contributed by atoms with Crippen molar-refractivity contribution in [2.24, 2.45) is 5.92 Å². The molecule has 1 aromatic rings. The molecule has 1 rings (SSSR count). The summed E-state index contributed by atoms with van der Waals surface area (Å²) in [7, 11) is 1.61. The fourth-order valence-electron chi connectivity index (χ4n) is 1.60. The van der Waals surface area contributed by atoms with E-state index in [4.69, 9.17) is 4.74 Å². The summed E-state index contributed by atoms with van der Waals surface area (Å²) in [6.07, 6.45) is 0. The van der Waals surface area contributed by atoms with Crippen LogP contribution in [0.4, 0.5) is 8.78 Å². The first-order valence-electron chi connectivity index (χ1n) is 5.71. The Balaban J connectivity index is 2.65. The second kappa shape index (κ2) is 6.67. The van der Waals surface area contributed by atoms with Gasteiger partial charge in [-0.2, -0.15) is 0 Å². The Labute approximate surface area is 101 Å². The van der Waals surface area contributed by atoms with Gasteiger partial charge in [-0.3, -0.25) is 0 Å². The van der Waals surface area contributed by atoms with E-state index in [1.165, 1.54) is 18.2 Å². The van der Waals surface area contributed by atoms with E-state index >= 15 is 0 Å². The van der Waals surface area contributed by atoms with Gasteiger partial charge in [-0.25, -0.2) is 8.78 Å². The highest BCUT2D eigenvalue weighted by atomic mass is 19.1. The van der Waals surface area contributed by atoms with Crippen LogP contribution in [0.2, 0.25) is 0 Å². The first kappa shape index (κ1) is 14.1. The molecular weight excluding hydrogens is 224 g/mol. The summed E-state index contributed by atoms with van der Waals surface area (Å²) in [5.74, 6) is -0.695. The quantitative estimate of drug-likeness (QED) is 0.829. The van der Waals surface area contributed by atoms with E-state index in [9.17, 15) is 8.78 Å². The summed E-state index contributed by atoms with van der Waals surface area (Å²) < 4.78 is 31.8. The molecule has 1 atom stereocenters. The van der Waals surface area contributed by atoms with Gasteiger partial charge in [0.25, 0.3) is 0 Å². The van der Waals surface area contributed by atoms with Crippen LogP contribution in [-0.2, 0) is 11.3 Å². The minimum absolute atomic E-state index is 0.0780. The van der Waals surface area contributed by atoms with Crippen LogP contribution in [-0.4, -0.2) is 19.8 Å². The third kappa shape index (κ3) is 4.06. The minimum atomic E-state index is -0.516. The minimum Gasteiger partial charge on any atom is -0.383 e. The Hall–Kier alpha value is -1.00. The maximum Gasteiger partial charge on any atom is 0.130 e. The maximum atomic E-state index is 13.4. The van der Waals surface area contributed by atoms with E-state index in [1.807, 2.05) is 13.8 Å². The number of benzene rings is 1. The van der Waals surface area contributed by atoms with Crippen molar-refractivity contribution in [2.75, 3.05) is 13.7 Å². The molecule has 0 fully saturated rings. The molecule has 0 spiro atoms. The van der Waals surface area contributed by atoms with Crippen LogP contribution in [0.1, 0.15) is 19.4 Å². The van der Waals surface area contributed by atoms with Gasteiger partial charge >= 0.3 is 0 Å². The van der Waals surface area contributed by atoms with Gasteiger partial charge in [-0.05, 0) is 18.1 Å². The lowest BCUT2D eigenvalue weighted by molar-refractivity contribution is 0.146. The number of hydrogen-bond acceptors (Lipinski definition) is 2. The monoisotopic (exact) mass is 243 g/mol. The third-order valence-electron chi connectivity index (χ3n) is 2.75. The van der Waals surface area contributed by atoms with Gasteiger partial charge < -0.3 is 10.1 Å². The molecule has 0 saturated carbocycles. The lowest BCUT2D eigenvalue weighted by Crippen LogP contribution is -2.37. The largest absolute Gasteiger partial charge is 0.383 e. The Bertz CT molecular complexity index is 335. The molecule has 2 nitrogen and oxygen atoms in total. The van der Waals surface area contributed by atoms with Crippen molar-refractivity contribution < 1.29 is 13.5 Å². The van der Waals surface area contributed by atoms with E-state index in [0.29, 0.717) is 12.5 Å². The molecule has 1 N–H and O–H groups in total. The Morgan fingerprint density at radius 2 is 1.82 bits per heavy atom. The highest BCUT2D eigenvalue weighted by Gasteiger charge is 2.15. The zero-order valence-electron chi connectivity index (χ0n) is 10.5. The Morgan fingerprint density at radius 1 is 1.24 bits per heavy atom. The summed E-state index contributed by atoms with van der Waals surface area (Å²) in [6.45, 7) is 4.77. The van der Waals surface area contributed by atoms with Crippen molar-refractivity contribution in [1.29, 1.82) is 0 Å². The van der Waals surface area contributed by atoms with Crippen LogP contribution >= 0.6 is 0 Å². The summed E-state index contributed by atoms with van der Waals surface area (Å²) in [4.78, 5) is 0. The van der Waals surface area contributed by atoms with Crippen molar-refractivity contribution in [3.8, 4) is 0 Å². The predicted octanol–water partition coefficient (Wildman–Crippen LogP) is 2.73. The SMILES string of the molecule is COCC(NCc1c(F)cccc1F)C(C)C. The second-order valence-electron chi connectivity index (χ2n) is 4.39.